The molecule has 0 radical (unpaired) electrons. The van der Waals surface area contributed by atoms with Gasteiger partial charge in [-0.2, -0.15) is 0 Å². The fourth-order valence-corrected chi connectivity index (χ4v) is 12.3. The highest BCUT2D eigenvalue weighted by Crippen LogP contribution is 2.19. The zero-order chi connectivity index (χ0) is 61.3. The minimum atomic E-state index is -0.662. The van der Waals surface area contributed by atoms with Crippen LogP contribution in [0.1, 0.15) is 431 Å². The molecule has 2 unspecified atom stereocenters. The summed E-state index contributed by atoms with van der Waals surface area (Å²) in [6.07, 6.45) is 96.6. The second-order valence-corrected chi connectivity index (χ2v) is 26.7. The van der Waals surface area contributed by atoms with Crippen molar-refractivity contribution in [2.45, 2.75) is 443 Å². The van der Waals surface area contributed by atoms with Crippen LogP contribution < -0.4 is 5.32 Å². The van der Waals surface area contributed by atoms with Crippen molar-refractivity contribution in [3.63, 3.8) is 0 Å². The Bertz CT molecular complexity index is 1380. The first-order valence-electron chi connectivity index (χ1n) is 38.7. The molecule has 0 aliphatic heterocycles. The molecule has 85 heavy (non-hydrogen) atoms. The lowest BCUT2D eigenvalue weighted by Gasteiger charge is -2.22. The minimum Gasteiger partial charge on any atom is -0.466 e. The summed E-state index contributed by atoms with van der Waals surface area (Å²) in [7, 11) is 0. The highest BCUT2D eigenvalue weighted by atomic mass is 16.5. The van der Waals surface area contributed by atoms with E-state index < -0.39 is 12.1 Å². The van der Waals surface area contributed by atoms with E-state index in [4.69, 9.17) is 4.74 Å². The first-order chi connectivity index (χ1) is 42.0. The zero-order valence-corrected chi connectivity index (χ0v) is 57.6. The van der Waals surface area contributed by atoms with E-state index in [1.807, 2.05) is 0 Å². The number of ether oxygens (including phenoxy) is 1. The van der Waals surface area contributed by atoms with Gasteiger partial charge >= 0.3 is 5.97 Å². The molecule has 0 spiro atoms. The first kappa shape index (κ1) is 83.1. The summed E-state index contributed by atoms with van der Waals surface area (Å²) in [5.74, 6) is -0.0172. The van der Waals surface area contributed by atoms with Gasteiger partial charge in [0.1, 0.15) is 0 Å². The van der Waals surface area contributed by atoms with Crippen LogP contribution in [-0.4, -0.2) is 47.4 Å². The van der Waals surface area contributed by atoms with Crippen molar-refractivity contribution in [3.8, 4) is 0 Å². The number of nitrogens with one attached hydrogen (secondary N) is 1. The van der Waals surface area contributed by atoms with Gasteiger partial charge in [-0.3, -0.25) is 9.59 Å². The SMILES string of the molecule is CCCCCCCCC/C=C\CCCCCCCC(=O)OCCCCCCCCCCCCCCC/C=C\C/C=C\CCCCCCCCCCCCCCCCCCCC(=O)NC(CO)C(O)CCCCCCCCCCCCCCCCC. The summed E-state index contributed by atoms with van der Waals surface area (Å²) >= 11 is 0. The van der Waals surface area contributed by atoms with E-state index in [0.29, 0.717) is 25.9 Å². The number of hydrogen-bond acceptors (Lipinski definition) is 5. The molecule has 502 valence electrons. The molecule has 0 heterocycles. The molecule has 0 aromatic rings. The number of hydrogen-bond donors (Lipinski definition) is 3. The smallest absolute Gasteiger partial charge is 0.305 e. The highest BCUT2D eigenvalue weighted by Gasteiger charge is 2.20. The third-order valence-corrected chi connectivity index (χ3v) is 18.2. The largest absolute Gasteiger partial charge is 0.466 e. The van der Waals surface area contributed by atoms with E-state index in [2.05, 4.69) is 55.6 Å². The topological polar surface area (TPSA) is 95.9 Å². The van der Waals surface area contributed by atoms with Crippen LogP contribution in [0.5, 0.6) is 0 Å². The second-order valence-electron chi connectivity index (χ2n) is 26.7. The number of allylic oxidation sites excluding steroid dienone is 6. The summed E-state index contributed by atoms with van der Waals surface area (Å²) in [5, 5.41) is 23.4. The molecule has 0 aromatic heterocycles. The van der Waals surface area contributed by atoms with E-state index in [1.54, 1.807) is 0 Å². The Labute approximate surface area is 532 Å². The van der Waals surface area contributed by atoms with Crippen LogP contribution in [0.2, 0.25) is 0 Å². The Morgan fingerprint density at radius 1 is 0.329 bits per heavy atom. The van der Waals surface area contributed by atoms with Gasteiger partial charge < -0.3 is 20.3 Å². The maximum absolute atomic E-state index is 12.5. The van der Waals surface area contributed by atoms with Crippen LogP contribution >= 0.6 is 0 Å². The van der Waals surface area contributed by atoms with Gasteiger partial charge in [0, 0.05) is 12.8 Å². The molecule has 3 N–H and O–H groups in total. The van der Waals surface area contributed by atoms with Crippen LogP contribution in [-0.2, 0) is 14.3 Å². The normalized spacial score (nSPS) is 12.7. The Morgan fingerprint density at radius 2 is 0.588 bits per heavy atom. The second kappa shape index (κ2) is 74.5. The van der Waals surface area contributed by atoms with Crippen LogP contribution in [0.15, 0.2) is 36.5 Å². The van der Waals surface area contributed by atoms with Crippen molar-refractivity contribution >= 4 is 11.9 Å². The van der Waals surface area contributed by atoms with E-state index in [-0.39, 0.29) is 18.5 Å². The third kappa shape index (κ3) is 71.0. The number of carbonyl (C=O) groups is 2. The number of aliphatic hydroxyl groups is 2. The van der Waals surface area contributed by atoms with Crippen LogP contribution in [0.4, 0.5) is 0 Å². The standard InChI is InChI=1S/C79H151NO5/c1-3-5-7-9-11-13-15-17-19-45-49-53-57-61-65-69-73-79(84)85-74-70-66-62-58-54-50-46-42-40-38-36-34-32-30-28-26-24-22-20-21-23-25-27-29-31-33-35-37-39-41-44-48-52-56-60-64-68-72-78(83)80-76(75-81)77(82)71-67-63-59-55-51-47-43-18-16-14-12-10-8-6-4-2/h19-20,22,26,28,45,76-77,81-82H,3-18,21,23-25,27,29-44,46-75H2,1-2H3,(H,80,83)/b22-20-,28-26-,45-19-. The molecule has 2 atom stereocenters. The maximum atomic E-state index is 12.5. The van der Waals surface area contributed by atoms with Gasteiger partial charge in [-0.15, -0.1) is 0 Å². The predicted molar refractivity (Wildman–Crippen MR) is 375 cm³/mol. The number of rotatable bonds is 73. The number of carbonyl (C=O) groups excluding carboxylic acids is 2. The molecular formula is C79H151NO5. The summed E-state index contributed by atoms with van der Waals surface area (Å²) in [5.41, 5.74) is 0. The molecule has 0 rings (SSSR count). The molecule has 6 nitrogen and oxygen atoms in total. The fourth-order valence-electron chi connectivity index (χ4n) is 12.3. The van der Waals surface area contributed by atoms with Crippen molar-refractivity contribution in [3.05, 3.63) is 36.5 Å². The summed E-state index contributed by atoms with van der Waals surface area (Å²) in [4.78, 5) is 24.6. The molecule has 0 aromatic carbocycles. The van der Waals surface area contributed by atoms with E-state index in [1.165, 1.54) is 347 Å². The Hall–Kier alpha value is -1.92. The molecule has 0 aliphatic rings. The lowest BCUT2D eigenvalue weighted by Crippen LogP contribution is -2.45. The predicted octanol–water partition coefficient (Wildman–Crippen LogP) is 25.4. The van der Waals surface area contributed by atoms with Gasteiger partial charge in [-0.05, 0) is 83.5 Å². The van der Waals surface area contributed by atoms with E-state index >= 15 is 0 Å². The quantitative estimate of drug-likeness (QED) is 0.0320. The molecule has 0 saturated heterocycles. The number of amides is 1. The maximum Gasteiger partial charge on any atom is 0.305 e. The molecule has 0 saturated carbocycles. The molecule has 0 aliphatic carbocycles. The van der Waals surface area contributed by atoms with Crippen molar-refractivity contribution in [1.82, 2.24) is 5.32 Å². The monoisotopic (exact) mass is 1190 g/mol. The van der Waals surface area contributed by atoms with Gasteiger partial charge in [-0.1, -0.05) is 371 Å². The third-order valence-electron chi connectivity index (χ3n) is 18.2. The van der Waals surface area contributed by atoms with Gasteiger partial charge in [0.2, 0.25) is 5.91 Å². The van der Waals surface area contributed by atoms with Gasteiger partial charge in [0.05, 0.1) is 25.4 Å². The molecule has 6 heteroatoms. The number of esters is 1. The Morgan fingerprint density at radius 3 is 0.906 bits per heavy atom. The van der Waals surface area contributed by atoms with Crippen LogP contribution in [0, 0.1) is 0 Å². The summed E-state index contributed by atoms with van der Waals surface area (Å²) in [6, 6.07) is -0.539. The summed E-state index contributed by atoms with van der Waals surface area (Å²) in [6.45, 7) is 4.98. The molecule has 1 amide bonds. The van der Waals surface area contributed by atoms with E-state index in [9.17, 15) is 19.8 Å². The lowest BCUT2D eigenvalue weighted by molar-refractivity contribution is -0.143. The highest BCUT2D eigenvalue weighted by molar-refractivity contribution is 5.76. The number of aliphatic hydroxyl groups excluding tert-OH is 2. The zero-order valence-electron chi connectivity index (χ0n) is 57.6. The van der Waals surface area contributed by atoms with E-state index in [0.717, 1.165) is 51.4 Å². The van der Waals surface area contributed by atoms with Gasteiger partial charge in [0.15, 0.2) is 0 Å². The molecule has 0 fully saturated rings. The van der Waals surface area contributed by atoms with Crippen molar-refractivity contribution in [2.24, 2.45) is 0 Å². The van der Waals surface area contributed by atoms with Crippen LogP contribution in [0.3, 0.4) is 0 Å². The average Bonchev–Trinajstić information content (AvgIpc) is 3.52. The number of unbranched alkanes of at least 4 members (excludes halogenated alkanes) is 56. The average molecular weight is 1200 g/mol. The van der Waals surface area contributed by atoms with Crippen molar-refractivity contribution in [1.29, 1.82) is 0 Å². The van der Waals surface area contributed by atoms with Crippen molar-refractivity contribution < 1.29 is 24.5 Å². The van der Waals surface area contributed by atoms with Gasteiger partial charge in [0.25, 0.3) is 0 Å². The minimum absolute atomic E-state index is 0.0120. The molecule has 0 bridgehead atoms. The van der Waals surface area contributed by atoms with Crippen molar-refractivity contribution in [2.75, 3.05) is 13.2 Å². The fraction of sp³-hybridized carbons (Fsp3) is 0.899. The Kier molecular flexibility index (Phi) is 72.9. The molecular weight excluding hydrogens is 1040 g/mol. The van der Waals surface area contributed by atoms with Gasteiger partial charge in [-0.25, -0.2) is 0 Å². The summed E-state index contributed by atoms with van der Waals surface area (Å²) < 4.78 is 5.50. The first-order valence-corrected chi connectivity index (χ1v) is 38.7. The van der Waals surface area contributed by atoms with Crippen LogP contribution in [0.25, 0.3) is 0 Å². The Balaban J connectivity index is 3.35. The lowest BCUT2D eigenvalue weighted by atomic mass is 10.0.